The minimum absolute atomic E-state index is 0.0737. The van der Waals surface area contributed by atoms with Gasteiger partial charge in [-0.25, -0.2) is 0 Å². The Morgan fingerprint density at radius 1 is 0.867 bits per heavy atom. The number of nitrogens with zero attached hydrogens (tertiary/aromatic N) is 1. The summed E-state index contributed by atoms with van der Waals surface area (Å²) in [5.74, 6) is 2.81. The number of rotatable bonds is 12. The number of hydroxylamine groups is 2. The first-order valence-corrected chi connectivity index (χ1v) is 14.8. The van der Waals surface area contributed by atoms with Gasteiger partial charge in [0, 0.05) is 11.1 Å². The smallest absolute Gasteiger partial charge is 0.282 e. The fraction of sp³-hybridized carbons (Fsp3) is 0.382. The summed E-state index contributed by atoms with van der Waals surface area (Å²) in [6.45, 7) is 4.21. The molecule has 1 N–H and O–H groups in total. The molecule has 45 heavy (non-hydrogen) atoms. The number of carbonyl (C=O) groups excluding carboxylic acids is 1. The van der Waals surface area contributed by atoms with Gasteiger partial charge in [0.15, 0.2) is 34.5 Å². The Balaban J connectivity index is 1.49. The molecule has 0 spiro atoms. The maximum absolute atomic E-state index is 13.5. The molecule has 3 aromatic rings. The summed E-state index contributed by atoms with van der Waals surface area (Å²) in [5.41, 5.74) is 2.64. The maximum atomic E-state index is 13.5. The lowest BCUT2D eigenvalue weighted by atomic mass is 9.99. The van der Waals surface area contributed by atoms with Gasteiger partial charge < -0.3 is 37.9 Å². The second kappa shape index (κ2) is 14.0. The van der Waals surface area contributed by atoms with Gasteiger partial charge in [-0.3, -0.25) is 10.0 Å². The Morgan fingerprint density at radius 2 is 1.47 bits per heavy atom. The molecule has 0 saturated carbocycles. The van der Waals surface area contributed by atoms with Crippen molar-refractivity contribution in [1.82, 2.24) is 5.06 Å². The number of methoxy groups -OCH3 is 4. The van der Waals surface area contributed by atoms with Gasteiger partial charge in [-0.1, -0.05) is 13.0 Å². The Kier molecular flexibility index (Phi) is 9.90. The van der Waals surface area contributed by atoms with Crippen LogP contribution in [0, 0.1) is 0 Å². The van der Waals surface area contributed by atoms with Crippen molar-refractivity contribution in [2.24, 2.45) is 0 Å². The van der Waals surface area contributed by atoms with Crippen molar-refractivity contribution in [3.8, 4) is 40.2 Å². The van der Waals surface area contributed by atoms with E-state index >= 15 is 0 Å². The number of benzene rings is 3. The molecule has 0 radical (unpaired) electrons. The average molecular weight is 622 g/mol. The molecule has 2 aliphatic heterocycles. The topological polar surface area (TPSA) is 114 Å². The summed E-state index contributed by atoms with van der Waals surface area (Å²) < 4.78 is 45.9. The Morgan fingerprint density at radius 3 is 2.04 bits per heavy atom. The van der Waals surface area contributed by atoms with Crippen molar-refractivity contribution < 1.29 is 47.9 Å². The highest BCUT2D eigenvalue weighted by molar-refractivity contribution is 5.99. The van der Waals surface area contributed by atoms with Crippen LogP contribution < -0.4 is 33.2 Å². The van der Waals surface area contributed by atoms with Crippen LogP contribution >= 0.6 is 0 Å². The number of amides is 1. The van der Waals surface area contributed by atoms with E-state index in [1.54, 1.807) is 59.6 Å². The van der Waals surface area contributed by atoms with Crippen LogP contribution in [0.3, 0.4) is 0 Å². The molecule has 2 atom stereocenters. The van der Waals surface area contributed by atoms with Crippen LogP contribution in [0.5, 0.6) is 40.2 Å². The minimum atomic E-state index is -0.646. The predicted molar refractivity (Wildman–Crippen MR) is 165 cm³/mol. The van der Waals surface area contributed by atoms with Crippen molar-refractivity contribution in [1.29, 1.82) is 0 Å². The third kappa shape index (κ3) is 6.31. The Hall–Kier alpha value is -4.61. The third-order valence-electron chi connectivity index (χ3n) is 7.79. The molecule has 1 fully saturated rings. The molecule has 11 heteroatoms. The van der Waals surface area contributed by atoms with E-state index < -0.39 is 5.91 Å². The number of fused-ring (bicyclic) bond motifs is 1. The van der Waals surface area contributed by atoms with E-state index in [9.17, 15) is 10.0 Å². The lowest BCUT2D eigenvalue weighted by Gasteiger charge is -2.24. The number of carbonyl (C=O) groups is 1. The zero-order chi connectivity index (χ0) is 32.1. The first kappa shape index (κ1) is 31.8. The lowest BCUT2D eigenvalue weighted by molar-refractivity contribution is -0.0114. The molecular formula is C34H39NO10. The number of hydrogen-bond donors (Lipinski definition) is 1. The van der Waals surface area contributed by atoms with Gasteiger partial charge in [0.25, 0.3) is 5.91 Å². The van der Waals surface area contributed by atoms with Crippen LogP contribution in [0.1, 0.15) is 72.4 Å². The zero-order valence-corrected chi connectivity index (χ0v) is 26.4. The van der Waals surface area contributed by atoms with Crippen LogP contribution in [0.2, 0.25) is 0 Å². The molecule has 0 unspecified atom stereocenters. The van der Waals surface area contributed by atoms with Crippen LogP contribution in [0.4, 0.5) is 0 Å². The van der Waals surface area contributed by atoms with Crippen molar-refractivity contribution in [2.45, 2.75) is 45.3 Å². The van der Waals surface area contributed by atoms with Crippen LogP contribution in [0.15, 0.2) is 48.5 Å². The van der Waals surface area contributed by atoms with E-state index in [2.05, 4.69) is 0 Å². The molecule has 0 aromatic heterocycles. The monoisotopic (exact) mass is 621 g/mol. The van der Waals surface area contributed by atoms with Crippen LogP contribution in [0.25, 0.3) is 5.70 Å². The highest BCUT2D eigenvalue weighted by Gasteiger charge is 2.32. The summed E-state index contributed by atoms with van der Waals surface area (Å²) in [5, 5.41) is 11.9. The van der Waals surface area contributed by atoms with Crippen molar-refractivity contribution >= 4 is 11.6 Å². The highest BCUT2D eigenvalue weighted by atomic mass is 16.7. The summed E-state index contributed by atoms with van der Waals surface area (Å²) in [4.78, 5) is 13.5. The second-order valence-corrected chi connectivity index (χ2v) is 10.5. The van der Waals surface area contributed by atoms with E-state index in [-0.39, 0.29) is 30.3 Å². The van der Waals surface area contributed by atoms with Gasteiger partial charge in [0.1, 0.15) is 0 Å². The van der Waals surface area contributed by atoms with E-state index in [0.717, 1.165) is 24.0 Å². The molecule has 2 heterocycles. The Bertz CT molecular complexity index is 1540. The van der Waals surface area contributed by atoms with E-state index in [0.29, 0.717) is 63.9 Å². The minimum Gasteiger partial charge on any atom is -0.493 e. The number of allylic oxidation sites excluding steroid dienone is 1. The summed E-state index contributed by atoms with van der Waals surface area (Å²) in [6.07, 6.45) is 3.30. The highest BCUT2D eigenvalue weighted by Crippen LogP contribution is 2.48. The average Bonchev–Trinajstić information content (AvgIpc) is 3.76. The van der Waals surface area contributed by atoms with E-state index in [1.165, 1.54) is 0 Å². The summed E-state index contributed by atoms with van der Waals surface area (Å²) >= 11 is 0. The molecule has 0 bridgehead atoms. The predicted octanol–water partition coefficient (Wildman–Crippen LogP) is 6.72. The second-order valence-electron chi connectivity index (χ2n) is 10.5. The lowest BCUT2D eigenvalue weighted by Crippen LogP contribution is -2.26. The molecule has 1 saturated heterocycles. The number of ether oxygens (including phenoxy) is 8. The summed E-state index contributed by atoms with van der Waals surface area (Å²) in [6, 6.07) is 12.3. The normalized spacial score (nSPS) is 17.2. The van der Waals surface area contributed by atoms with Gasteiger partial charge in [-0.2, -0.15) is 5.06 Å². The molecule has 1 amide bonds. The van der Waals surface area contributed by atoms with Gasteiger partial charge >= 0.3 is 0 Å². The van der Waals surface area contributed by atoms with Crippen molar-refractivity contribution in [3.63, 3.8) is 0 Å². The molecule has 2 aliphatic rings. The molecule has 0 aliphatic carbocycles. The maximum Gasteiger partial charge on any atom is 0.282 e. The van der Waals surface area contributed by atoms with E-state index in [4.69, 9.17) is 37.9 Å². The zero-order valence-electron chi connectivity index (χ0n) is 26.4. The molecular weight excluding hydrogens is 582 g/mol. The summed E-state index contributed by atoms with van der Waals surface area (Å²) in [7, 11) is 6.28. The number of hydrogen-bond acceptors (Lipinski definition) is 10. The Labute approximate surface area is 262 Å². The molecule has 11 nitrogen and oxygen atoms in total. The van der Waals surface area contributed by atoms with Gasteiger partial charge in [0.05, 0.1) is 53.0 Å². The van der Waals surface area contributed by atoms with Gasteiger partial charge in [-0.05, 0) is 79.8 Å². The van der Waals surface area contributed by atoms with Gasteiger partial charge in [-0.15, -0.1) is 0 Å². The fourth-order valence-corrected chi connectivity index (χ4v) is 5.57. The molecule has 240 valence electrons. The van der Waals surface area contributed by atoms with Crippen LogP contribution in [-0.2, 0) is 4.74 Å². The first-order chi connectivity index (χ1) is 21.9. The largest absolute Gasteiger partial charge is 0.493 e. The van der Waals surface area contributed by atoms with Gasteiger partial charge in [0.2, 0.25) is 12.5 Å². The standard InChI is InChI=1S/C34H39NO10/c1-7-13-42-32-23(24(8-2)35(37)34(36)20-9-10-27-28(15-20)44-19-43-27)14-21(16-29(32)38-3)25-11-12-26(45-25)22-17-30(39-4)33(41-6)31(18-22)40-5/h8-10,14-18,25-26,37H,7,11-13,19H2,1-6H3/t25-,26-/m0/s1. The fourth-order valence-electron chi connectivity index (χ4n) is 5.57. The quantitative estimate of drug-likeness (QED) is 0.173. The van der Waals surface area contributed by atoms with Crippen LogP contribution in [-0.4, -0.2) is 58.0 Å². The molecule has 3 aromatic carbocycles. The third-order valence-corrected chi connectivity index (χ3v) is 7.79. The molecule has 5 rings (SSSR count). The van der Waals surface area contributed by atoms with Crippen molar-refractivity contribution in [3.05, 3.63) is 70.8 Å². The van der Waals surface area contributed by atoms with E-state index in [1.807, 2.05) is 31.2 Å². The first-order valence-electron chi connectivity index (χ1n) is 14.8. The SMILES string of the molecule is CC=C(c1cc([C@@H]2CC[C@@H](c3cc(OC)c(OC)c(OC)c3)O2)cc(OC)c1OCCC)N(O)C(=O)c1ccc2c(c1)OCO2. The van der Waals surface area contributed by atoms with Crippen molar-refractivity contribution in [2.75, 3.05) is 41.8 Å².